The lowest BCUT2D eigenvalue weighted by atomic mass is 9.34. The fourth-order valence-electron chi connectivity index (χ4n) is 10.5. The molecule has 0 saturated heterocycles. The second-order valence-electron chi connectivity index (χ2n) is 17.8. The molecule has 0 atom stereocenters. The average molecular weight is 737 g/mol. The second-order valence-corrected chi connectivity index (χ2v) is 17.8. The minimum atomic E-state index is -0.334. The van der Waals surface area contributed by atoms with E-state index in [9.17, 15) is 0 Å². The Kier molecular flexibility index (Phi) is 6.38. The van der Waals surface area contributed by atoms with Crippen LogP contribution in [-0.2, 0) is 10.8 Å². The molecule has 0 N–H and O–H groups in total. The number of anilines is 3. The molecule has 0 fully saturated rings. The number of ether oxygens (including phenoxy) is 1. The number of aryl methyl sites for hydroxylation is 1. The van der Waals surface area contributed by atoms with Crippen molar-refractivity contribution < 1.29 is 9.15 Å². The van der Waals surface area contributed by atoms with Crippen molar-refractivity contribution in [1.82, 2.24) is 4.57 Å². The summed E-state index contributed by atoms with van der Waals surface area (Å²) in [6.45, 7) is 13.7. The van der Waals surface area contributed by atoms with Gasteiger partial charge in [0.2, 0.25) is 0 Å². The largest absolute Gasteiger partial charge is 0.466 e. The molecule has 7 aromatic carbocycles. The number of furan rings is 1. The summed E-state index contributed by atoms with van der Waals surface area (Å²) >= 11 is 0. The molecule has 3 aliphatic rings. The van der Waals surface area contributed by atoms with Gasteiger partial charge in [0, 0.05) is 44.3 Å². The van der Waals surface area contributed by atoms with Gasteiger partial charge in [0.15, 0.2) is 5.75 Å². The van der Waals surface area contributed by atoms with Crippen molar-refractivity contribution in [3.05, 3.63) is 162 Å². The third kappa shape index (κ3) is 4.29. The number of aromatic nitrogens is 1. The van der Waals surface area contributed by atoms with E-state index >= 15 is 0 Å². The fourth-order valence-corrected chi connectivity index (χ4v) is 10.5. The molecule has 0 radical (unpaired) electrons. The SMILES string of the molecule is Cc1cc2c3c(c1)N(c1ccc(C(C)(C)C)cc1)c1cc(-n4c5ccccc5c5ccccc54)c4c(c1B3c1oc3ccccc3c1O2)C(C)(C)c1ccccc1-4. The highest BCUT2D eigenvalue weighted by molar-refractivity contribution is 6.99. The molecule has 5 heteroatoms. The van der Waals surface area contributed by atoms with Gasteiger partial charge in [-0.25, -0.2) is 0 Å². The molecule has 57 heavy (non-hydrogen) atoms. The van der Waals surface area contributed by atoms with Crippen molar-refractivity contribution >= 4 is 73.1 Å². The summed E-state index contributed by atoms with van der Waals surface area (Å²) in [4.78, 5) is 2.51. The van der Waals surface area contributed by atoms with Crippen molar-refractivity contribution in [3.8, 4) is 28.3 Å². The zero-order chi connectivity index (χ0) is 38.5. The van der Waals surface area contributed by atoms with Crippen LogP contribution in [-0.4, -0.2) is 11.3 Å². The molecule has 0 unspecified atom stereocenters. The van der Waals surface area contributed by atoms with Gasteiger partial charge in [-0.3, -0.25) is 0 Å². The van der Waals surface area contributed by atoms with E-state index in [0.717, 1.165) is 56.2 Å². The molecule has 4 nitrogen and oxygen atoms in total. The van der Waals surface area contributed by atoms with Crippen molar-refractivity contribution in [2.75, 3.05) is 4.90 Å². The highest BCUT2D eigenvalue weighted by atomic mass is 16.5. The van der Waals surface area contributed by atoms with Gasteiger partial charge >= 0.3 is 6.71 Å². The van der Waals surface area contributed by atoms with Crippen LogP contribution >= 0.6 is 0 Å². The molecule has 0 amide bonds. The Balaban J connectivity index is 1.28. The van der Waals surface area contributed by atoms with Gasteiger partial charge in [-0.2, -0.15) is 0 Å². The number of rotatable bonds is 2. The Morgan fingerprint density at radius 3 is 1.98 bits per heavy atom. The van der Waals surface area contributed by atoms with Crippen molar-refractivity contribution in [3.63, 3.8) is 0 Å². The summed E-state index contributed by atoms with van der Waals surface area (Å²) in [5, 5.41) is 3.51. The smallest absolute Gasteiger partial charge is 0.302 e. The minimum Gasteiger partial charge on any atom is -0.466 e. The van der Waals surface area contributed by atoms with Crippen molar-refractivity contribution in [2.45, 2.75) is 52.4 Å². The van der Waals surface area contributed by atoms with Crippen LogP contribution in [0.4, 0.5) is 17.1 Å². The van der Waals surface area contributed by atoms with E-state index in [4.69, 9.17) is 9.15 Å². The predicted molar refractivity (Wildman–Crippen MR) is 237 cm³/mol. The third-order valence-corrected chi connectivity index (χ3v) is 13.0. The zero-order valence-electron chi connectivity index (χ0n) is 33.1. The molecule has 12 rings (SSSR count). The van der Waals surface area contributed by atoms with Gasteiger partial charge in [0.05, 0.1) is 22.1 Å². The van der Waals surface area contributed by atoms with Crippen LogP contribution in [0.5, 0.6) is 11.5 Å². The predicted octanol–water partition coefficient (Wildman–Crippen LogP) is 11.8. The molecule has 4 heterocycles. The highest BCUT2D eigenvalue weighted by Gasteiger charge is 2.51. The topological polar surface area (TPSA) is 30.5 Å². The van der Waals surface area contributed by atoms with Crippen LogP contribution in [0.3, 0.4) is 0 Å². The van der Waals surface area contributed by atoms with Crippen molar-refractivity contribution in [2.24, 2.45) is 0 Å². The standard InChI is InChI=1S/C52H41BN2O2/c1-30-27-41-47-44(28-30)56-49-36-18-10-14-22-43(36)57-50(49)53(47)48-42(54(41)32-25-23-31(24-26-32)51(2,3)4)29-40(45-35-17-7-11-19-37(35)52(5,6)46(45)48)55-38-20-12-8-15-33(38)34-16-9-13-21-39(34)55/h7-29H,1-6H3. The number of hydrogen-bond donors (Lipinski definition) is 0. The van der Waals surface area contributed by atoms with Gasteiger partial charge in [-0.15, -0.1) is 0 Å². The molecule has 0 saturated carbocycles. The lowest BCUT2D eigenvalue weighted by Crippen LogP contribution is -2.61. The van der Waals surface area contributed by atoms with Gasteiger partial charge in [-0.1, -0.05) is 120 Å². The van der Waals surface area contributed by atoms with E-state index in [1.807, 2.05) is 6.07 Å². The molecule has 0 spiro atoms. The Morgan fingerprint density at radius 2 is 1.26 bits per heavy atom. The van der Waals surface area contributed by atoms with E-state index in [0.29, 0.717) is 0 Å². The van der Waals surface area contributed by atoms with Crippen LogP contribution in [0.25, 0.3) is 49.6 Å². The highest BCUT2D eigenvalue weighted by Crippen LogP contribution is 2.55. The first-order chi connectivity index (χ1) is 27.6. The number of fused-ring (bicyclic) bond motifs is 13. The maximum atomic E-state index is 7.01. The molecular weight excluding hydrogens is 695 g/mol. The molecule has 1 aliphatic carbocycles. The van der Waals surface area contributed by atoms with Gasteiger partial charge < -0.3 is 18.6 Å². The third-order valence-electron chi connectivity index (χ3n) is 13.0. The van der Waals surface area contributed by atoms with Crippen LogP contribution < -0.4 is 26.2 Å². The van der Waals surface area contributed by atoms with Crippen LogP contribution in [0.15, 0.2) is 144 Å². The fraction of sp³-hybridized carbons (Fsp3) is 0.154. The van der Waals surface area contributed by atoms with E-state index in [1.165, 1.54) is 60.8 Å². The van der Waals surface area contributed by atoms with Gasteiger partial charge in [0.25, 0.3) is 0 Å². The van der Waals surface area contributed by atoms with E-state index in [1.54, 1.807) is 0 Å². The maximum Gasteiger partial charge on any atom is 0.302 e. The molecule has 2 aromatic heterocycles. The summed E-state index contributed by atoms with van der Waals surface area (Å²) in [6, 6.07) is 51.4. The Morgan fingerprint density at radius 1 is 0.632 bits per heavy atom. The van der Waals surface area contributed by atoms with Gasteiger partial charge in [0.1, 0.15) is 17.0 Å². The molecule has 9 aromatic rings. The van der Waals surface area contributed by atoms with Crippen LogP contribution in [0, 0.1) is 6.92 Å². The number of nitrogens with zero attached hydrogens (tertiary/aromatic N) is 2. The Labute approximate surface area is 333 Å². The maximum absolute atomic E-state index is 7.01. The molecule has 274 valence electrons. The Bertz CT molecular complexity index is 3140. The van der Waals surface area contributed by atoms with E-state index in [-0.39, 0.29) is 17.5 Å². The van der Waals surface area contributed by atoms with E-state index in [2.05, 4.69) is 184 Å². The number of benzene rings is 7. The van der Waals surface area contributed by atoms with Gasteiger partial charge in [-0.05, 0) is 100 Å². The first-order valence-electron chi connectivity index (χ1n) is 20.1. The number of hydrogen-bond acceptors (Lipinski definition) is 3. The summed E-state index contributed by atoms with van der Waals surface area (Å²) in [5.41, 5.74) is 18.5. The summed E-state index contributed by atoms with van der Waals surface area (Å²) in [5.74, 6) is 1.71. The summed E-state index contributed by atoms with van der Waals surface area (Å²) < 4.78 is 16.5. The minimum absolute atomic E-state index is 0.0256. The first-order valence-corrected chi connectivity index (χ1v) is 20.1. The molecule has 0 bridgehead atoms. The van der Waals surface area contributed by atoms with E-state index < -0.39 is 0 Å². The molecular formula is C52H41BN2O2. The van der Waals surface area contributed by atoms with Crippen LogP contribution in [0.2, 0.25) is 0 Å². The normalized spacial score (nSPS) is 14.7. The second kappa shape index (κ2) is 11.1. The first kappa shape index (κ1) is 32.8. The molecule has 2 aliphatic heterocycles. The van der Waals surface area contributed by atoms with Crippen LogP contribution in [0.1, 0.15) is 56.9 Å². The monoisotopic (exact) mass is 736 g/mol. The van der Waals surface area contributed by atoms with Crippen molar-refractivity contribution in [1.29, 1.82) is 0 Å². The summed E-state index contributed by atoms with van der Waals surface area (Å²) in [6.07, 6.45) is 0. The summed E-state index contributed by atoms with van der Waals surface area (Å²) in [7, 11) is 0. The average Bonchev–Trinajstić information content (AvgIpc) is 3.83. The lowest BCUT2D eigenvalue weighted by Gasteiger charge is -2.42. The Hall–Kier alpha value is -6.46. The zero-order valence-corrected chi connectivity index (χ0v) is 33.1. The quantitative estimate of drug-likeness (QED) is 0.166. The lowest BCUT2D eigenvalue weighted by molar-refractivity contribution is 0.481. The number of para-hydroxylation sites is 3.